The Labute approximate surface area is 142 Å². The molecule has 1 amide bonds. The second kappa shape index (κ2) is 6.16. The van der Waals surface area contributed by atoms with Gasteiger partial charge in [0, 0.05) is 26.2 Å². The van der Waals surface area contributed by atoms with E-state index in [9.17, 15) is 4.79 Å². The molecular formula is C15H17N7OS. The van der Waals surface area contributed by atoms with Gasteiger partial charge in [0.15, 0.2) is 5.13 Å². The van der Waals surface area contributed by atoms with Gasteiger partial charge in [-0.25, -0.2) is 9.67 Å². The first-order chi connectivity index (χ1) is 11.7. The molecule has 1 aliphatic heterocycles. The zero-order valence-electron chi connectivity index (χ0n) is 13.2. The van der Waals surface area contributed by atoms with Gasteiger partial charge < -0.3 is 9.80 Å². The molecule has 0 bridgehead atoms. The van der Waals surface area contributed by atoms with Gasteiger partial charge in [-0.15, -0.1) is 5.10 Å². The van der Waals surface area contributed by atoms with Crippen LogP contribution in [-0.4, -0.2) is 62.2 Å². The Hall–Kier alpha value is -2.55. The SMILES string of the molecule is C[C@@H](C(=O)N1CCN(c2nc3ccccc3s2)CC1)n1cnnn1. The number of anilines is 1. The quantitative estimate of drug-likeness (QED) is 0.711. The van der Waals surface area contributed by atoms with Crippen LogP contribution in [0.25, 0.3) is 10.2 Å². The van der Waals surface area contributed by atoms with Crippen LogP contribution in [-0.2, 0) is 4.79 Å². The molecule has 3 heterocycles. The third-order valence-corrected chi connectivity index (χ3v) is 5.36. The number of tetrazole rings is 1. The lowest BCUT2D eigenvalue weighted by Crippen LogP contribution is -2.50. The topological polar surface area (TPSA) is 80.0 Å². The van der Waals surface area contributed by atoms with Gasteiger partial charge in [0.05, 0.1) is 10.2 Å². The van der Waals surface area contributed by atoms with Crippen molar-refractivity contribution in [2.24, 2.45) is 0 Å². The van der Waals surface area contributed by atoms with Gasteiger partial charge in [0.25, 0.3) is 0 Å². The van der Waals surface area contributed by atoms with Crippen molar-refractivity contribution in [1.29, 1.82) is 0 Å². The smallest absolute Gasteiger partial charge is 0.247 e. The highest BCUT2D eigenvalue weighted by molar-refractivity contribution is 7.22. The van der Waals surface area contributed by atoms with E-state index in [0.29, 0.717) is 13.1 Å². The highest BCUT2D eigenvalue weighted by Gasteiger charge is 2.27. The van der Waals surface area contributed by atoms with Crippen LogP contribution in [0, 0.1) is 0 Å². The van der Waals surface area contributed by atoms with Crippen molar-refractivity contribution in [3.63, 3.8) is 0 Å². The number of carbonyl (C=O) groups excluding carboxylic acids is 1. The first kappa shape index (κ1) is 15.0. The Balaban J connectivity index is 1.42. The number of carbonyl (C=O) groups is 1. The molecule has 1 saturated heterocycles. The minimum atomic E-state index is -0.381. The van der Waals surface area contributed by atoms with Crippen molar-refractivity contribution in [1.82, 2.24) is 30.1 Å². The standard InChI is InChI=1S/C15H17N7OS/c1-11(22-10-16-18-19-22)14(23)20-6-8-21(9-7-20)15-17-12-4-2-3-5-13(12)24-15/h2-5,10-11H,6-9H2,1H3/t11-/m0/s1. The fourth-order valence-corrected chi connectivity index (χ4v) is 3.85. The van der Waals surface area contributed by atoms with E-state index < -0.39 is 0 Å². The van der Waals surface area contributed by atoms with E-state index in [1.165, 1.54) is 15.7 Å². The number of hydrogen-bond acceptors (Lipinski definition) is 7. The molecule has 24 heavy (non-hydrogen) atoms. The fourth-order valence-electron chi connectivity index (χ4n) is 2.84. The zero-order chi connectivity index (χ0) is 16.5. The maximum Gasteiger partial charge on any atom is 0.247 e. The van der Waals surface area contributed by atoms with Gasteiger partial charge in [-0.05, 0) is 29.5 Å². The summed E-state index contributed by atoms with van der Waals surface area (Å²) in [7, 11) is 0. The van der Waals surface area contributed by atoms with Crippen LogP contribution < -0.4 is 4.90 Å². The van der Waals surface area contributed by atoms with Crippen molar-refractivity contribution in [2.75, 3.05) is 31.1 Å². The first-order valence-corrected chi connectivity index (χ1v) is 8.66. The van der Waals surface area contributed by atoms with Crippen LogP contribution in [0.1, 0.15) is 13.0 Å². The van der Waals surface area contributed by atoms with Crippen LogP contribution in [0.3, 0.4) is 0 Å². The maximum atomic E-state index is 12.6. The van der Waals surface area contributed by atoms with E-state index >= 15 is 0 Å². The summed E-state index contributed by atoms with van der Waals surface area (Å²) >= 11 is 1.70. The number of amides is 1. The number of fused-ring (bicyclic) bond motifs is 1. The number of benzene rings is 1. The molecule has 0 aliphatic carbocycles. The average Bonchev–Trinajstić information content (AvgIpc) is 3.30. The predicted molar refractivity (Wildman–Crippen MR) is 90.9 cm³/mol. The third-order valence-electron chi connectivity index (χ3n) is 4.26. The minimum absolute atomic E-state index is 0.0475. The number of para-hydroxylation sites is 1. The molecule has 1 atom stereocenters. The maximum absolute atomic E-state index is 12.6. The van der Waals surface area contributed by atoms with Gasteiger partial charge in [-0.2, -0.15) is 0 Å². The summed E-state index contributed by atoms with van der Waals surface area (Å²) in [6.07, 6.45) is 1.47. The monoisotopic (exact) mass is 343 g/mol. The lowest BCUT2D eigenvalue weighted by atomic mass is 10.2. The molecule has 3 aromatic rings. The molecule has 4 rings (SSSR count). The molecule has 2 aromatic heterocycles. The number of thiazole rings is 1. The van der Waals surface area contributed by atoms with Gasteiger partial charge >= 0.3 is 0 Å². The Kier molecular flexibility index (Phi) is 3.85. The van der Waals surface area contributed by atoms with Crippen molar-refractivity contribution in [3.05, 3.63) is 30.6 Å². The summed E-state index contributed by atoms with van der Waals surface area (Å²) in [5.41, 5.74) is 1.03. The van der Waals surface area contributed by atoms with Gasteiger partial charge in [0.1, 0.15) is 12.4 Å². The van der Waals surface area contributed by atoms with Crippen molar-refractivity contribution >= 4 is 32.6 Å². The normalized spacial score (nSPS) is 16.5. The summed E-state index contributed by atoms with van der Waals surface area (Å²) < 4.78 is 2.68. The third kappa shape index (κ3) is 2.71. The fraction of sp³-hybridized carbons (Fsp3) is 0.400. The largest absolute Gasteiger partial charge is 0.345 e. The Morgan fingerprint density at radius 3 is 2.71 bits per heavy atom. The number of hydrogen-bond donors (Lipinski definition) is 0. The Morgan fingerprint density at radius 2 is 2.00 bits per heavy atom. The van der Waals surface area contributed by atoms with Crippen molar-refractivity contribution in [2.45, 2.75) is 13.0 Å². The van der Waals surface area contributed by atoms with Crippen molar-refractivity contribution < 1.29 is 4.79 Å². The van der Waals surface area contributed by atoms with Crippen LogP contribution in [0.15, 0.2) is 30.6 Å². The van der Waals surface area contributed by atoms with Gasteiger partial charge in [-0.1, -0.05) is 23.5 Å². The Morgan fingerprint density at radius 1 is 1.21 bits per heavy atom. The lowest BCUT2D eigenvalue weighted by molar-refractivity contribution is -0.134. The molecule has 0 N–H and O–H groups in total. The van der Waals surface area contributed by atoms with Crippen LogP contribution in [0.4, 0.5) is 5.13 Å². The lowest BCUT2D eigenvalue weighted by Gasteiger charge is -2.35. The zero-order valence-corrected chi connectivity index (χ0v) is 14.1. The summed E-state index contributed by atoms with van der Waals surface area (Å²) in [5.74, 6) is 0.0475. The van der Waals surface area contributed by atoms with Crippen LogP contribution >= 0.6 is 11.3 Å². The number of rotatable bonds is 3. The number of nitrogens with zero attached hydrogens (tertiary/aromatic N) is 7. The first-order valence-electron chi connectivity index (χ1n) is 7.84. The van der Waals surface area contributed by atoms with E-state index in [1.54, 1.807) is 11.3 Å². The molecule has 1 aliphatic rings. The average molecular weight is 343 g/mol. The van der Waals surface area contributed by atoms with Crippen molar-refractivity contribution in [3.8, 4) is 0 Å². The molecule has 0 spiro atoms. The highest BCUT2D eigenvalue weighted by atomic mass is 32.1. The molecule has 0 radical (unpaired) electrons. The summed E-state index contributed by atoms with van der Waals surface area (Å²) in [4.78, 5) is 21.4. The number of piperazine rings is 1. The van der Waals surface area contributed by atoms with E-state index in [2.05, 4.69) is 26.5 Å². The molecule has 8 nitrogen and oxygen atoms in total. The van der Waals surface area contributed by atoms with Crippen LogP contribution in [0.2, 0.25) is 0 Å². The number of aromatic nitrogens is 5. The predicted octanol–water partition coefficient (Wildman–Crippen LogP) is 1.19. The highest BCUT2D eigenvalue weighted by Crippen LogP contribution is 2.29. The molecule has 1 aromatic carbocycles. The van der Waals surface area contributed by atoms with Crippen LogP contribution in [0.5, 0.6) is 0 Å². The van der Waals surface area contributed by atoms with E-state index in [4.69, 9.17) is 4.98 Å². The van der Waals surface area contributed by atoms with Gasteiger partial charge in [0.2, 0.25) is 5.91 Å². The van der Waals surface area contributed by atoms with E-state index in [0.717, 1.165) is 23.7 Å². The van der Waals surface area contributed by atoms with Gasteiger partial charge in [-0.3, -0.25) is 4.79 Å². The summed E-state index contributed by atoms with van der Waals surface area (Å²) in [6, 6.07) is 7.77. The van der Waals surface area contributed by atoms with E-state index in [1.807, 2.05) is 30.0 Å². The summed E-state index contributed by atoms with van der Waals surface area (Å²) in [6.45, 7) is 4.75. The molecule has 0 saturated carbocycles. The molecular weight excluding hydrogens is 326 g/mol. The molecule has 124 valence electrons. The van der Waals surface area contributed by atoms with E-state index in [-0.39, 0.29) is 11.9 Å². The molecule has 9 heteroatoms. The second-order valence-corrected chi connectivity index (χ2v) is 6.75. The summed E-state index contributed by atoms with van der Waals surface area (Å²) in [5, 5.41) is 12.0. The molecule has 0 unspecified atom stereocenters. The minimum Gasteiger partial charge on any atom is -0.345 e. The Bertz CT molecular complexity index is 806. The second-order valence-electron chi connectivity index (χ2n) is 5.74. The molecule has 1 fully saturated rings.